The van der Waals surface area contributed by atoms with Gasteiger partial charge in [0.1, 0.15) is 18.5 Å². The smallest absolute Gasteiger partial charge is 0.253 e. The van der Waals surface area contributed by atoms with Gasteiger partial charge in [0.25, 0.3) is 5.91 Å². The van der Waals surface area contributed by atoms with Crippen molar-refractivity contribution >= 4 is 11.6 Å². The van der Waals surface area contributed by atoms with Crippen LogP contribution < -0.4 is 15.8 Å². The first-order valence-corrected chi connectivity index (χ1v) is 9.25. The van der Waals surface area contributed by atoms with Crippen LogP contribution in [-0.2, 0) is 20.9 Å². The normalized spacial score (nSPS) is 19.0. The number of carbonyl (C=O) groups is 1. The second-order valence-electron chi connectivity index (χ2n) is 6.46. The van der Waals surface area contributed by atoms with Gasteiger partial charge in [-0.1, -0.05) is 30.3 Å². The molecule has 2 aromatic carbocycles. The summed E-state index contributed by atoms with van der Waals surface area (Å²) in [6.07, 6.45) is 1.10. The Hall–Kier alpha value is -2.41. The van der Waals surface area contributed by atoms with Crippen molar-refractivity contribution < 1.29 is 19.0 Å². The molecule has 1 aliphatic heterocycles. The van der Waals surface area contributed by atoms with Crippen LogP contribution in [0.1, 0.15) is 18.4 Å². The van der Waals surface area contributed by atoms with Crippen molar-refractivity contribution in [3.05, 3.63) is 60.2 Å². The van der Waals surface area contributed by atoms with Gasteiger partial charge in [-0.05, 0) is 42.7 Å². The first kappa shape index (κ1) is 19.4. The third kappa shape index (κ3) is 6.06. The molecule has 3 N–H and O–H groups in total. The van der Waals surface area contributed by atoms with Crippen molar-refractivity contribution in [1.29, 1.82) is 0 Å². The molecule has 27 heavy (non-hydrogen) atoms. The van der Waals surface area contributed by atoms with E-state index in [1.165, 1.54) is 0 Å². The number of benzene rings is 2. The fraction of sp³-hybridized carbons (Fsp3) is 0.381. The van der Waals surface area contributed by atoms with Gasteiger partial charge in [-0.2, -0.15) is 0 Å². The molecule has 6 nitrogen and oxygen atoms in total. The SMILES string of the molecule is NC[C@H]1CC[C@@H](C(=O)Nc2cccc(COCCOc3ccccc3)c2)O1. The van der Waals surface area contributed by atoms with E-state index in [2.05, 4.69) is 5.32 Å². The summed E-state index contributed by atoms with van der Waals surface area (Å²) in [6, 6.07) is 17.3. The second-order valence-corrected chi connectivity index (χ2v) is 6.46. The molecule has 2 atom stereocenters. The van der Waals surface area contributed by atoms with Crippen LogP contribution in [0.2, 0.25) is 0 Å². The van der Waals surface area contributed by atoms with Gasteiger partial charge in [0, 0.05) is 12.2 Å². The molecule has 0 bridgehead atoms. The van der Waals surface area contributed by atoms with Crippen molar-refractivity contribution in [3.8, 4) is 5.75 Å². The van der Waals surface area contributed by atoms with Crippen LogP contribution in [0, 0.1) is 0 Å². The molecule has 0 aliphatic carbocycles. The fourth-order valence-electron chi connectivity index (χ4n) is 2.96. The van der Waals surface area contributed by atoms with Crippen molar-refractivity contribution in [2.45, 2.75) is 31.7 Å². The number of nitrogens with two attached hydrogens (primary N) is 1. The van der Waals surface area contributed by atoms with E-state index in [0.717, 1.165) is 23.4 Å². The third-order valence-corrected chi connectivity index (χ3v) is 4.37. The van der Waals surface area contributed by atoms with Crippen LogP contribution in [0.4, 0.5) is 5.69 Å². The number of hydrogen-bond donors (Lipinski definition) is 2. The fourth-order valence-corrected chi connectivity index (χ4v) is 2.96. The molecule has 2 aromatic rings. The standard InChI is InChI=1S/C21H26N2O4/c22-14-19-9-10-20(27-19)21(24)23-17-6-4-5-16(13-17)15-25-11-12-26-18-7-2-1-3-8-18/h1-8,13,19-20H,9-12,14-15,22H2,(H,23,24)/t19-,20+/m1/s1. The van der Waals surface area contributed by atoms with Crippen LogP contribution in [-0.4, -0.2) is 37.9 Å². The van der Waals surface area contributed by atoms with E-state index in [1.54, 1.807) is 0 Å². The molecule has 3 rings (SSSR count). The number of hydrogen-bond acceptors (Lipinski definition) is 5. The van der Waals surface area contributed by atoms with Gasteiger partial charge in [-0.15, -0.1) is 0 Å². The zero-order chi connectivity index (χ0) is 18.9. The Labute approximate surface area is 159 Å². The zero-order valence-corrected chi connectivity index (χ0v) is 15.3. The van der Waals surface area contributed by atoms with E-state index < -0.39 is 6.10 Å². The largest absolute Gasteiger partial charge is 0.491 e. The van der Waals surface area contributed by atoms with Crippen LogP contribution in [0.5, 0.6) is 5.75 Å². The summed E-state index contributed by atoms with van der Waals surface area (Å²) in [4.78, 5) is 12.3. The van der Waals surface area contributed by atoms with E-state index in [9.17, 15) is 4.79 Å². The molecule has 0 unspecified atom stereocenters. The van der Waals surface area contributed by atoms with Crippen LogP contribution >= 0.6 is 0 Å². The summed E-state index contributed by atoms with van der Waals surface area (Å²) >= 11 is 0. The summed E-state index contributed by atoms with van der Waals surface area (Å²) in [5, 5.41) is 2.91. The maximum Gasteiger partial charge on any atom is 0.253 e. The van der Waals surface area contributed by atoms with Crippen molar-refractivity contribution in [1.82, 2.24) is 0 Å². The van der Waals surface area contributed by atoms with Crippen molar-refractivity contribution in [2.75, 3.05) is 25.1 Å². The third-order valence-electron chi connectivity index (χ3n) is 4.37. The summed E-state index contributed by atoms with van der Waals surface area (Å²) in [6.45, 7) is 1.88. The van der Waals surface area contributed by atoms with Crippen LogP contribution in [0.25, 0.3) is 0 Å². The highest BCUT2D eigenvalue weighted by Crippen LogP contribution is 2.21. The van der Waals surface area contributed by atoms with E-state index in [1.807, 2.05) is 54.6 Å². The first-order valence-electron chi connectivity index (χ1n) is 9.25. The Kier molecular flexibility index (Phi) is 7.21. The number of anilines is 1. The molecule has 144 valence electrons. The van der Waals surface area contributed by atoms with Gasteiger partial charge in [-0.3, -0.25) is 4.79 Å². The minimum absolute atomic E-state index is 0.0152. The summed E-state index contributed by atoms with van der Waals surface area (Å²) in [7, 11) is 0. The highest BCUT2D eigenvalue weighted by atomic mass is 16.5. The minimum Gasteiger partial charge on any atom is -0.491 e. The Morgan fingerprint density at radius 1 is 1.11 bits per heavy atom. The first-order chi connectivity index (χ1) is 13.2. The highest BCUT2D eigenvalue weighted by molar-refractivity contribution is 5.94. The molecule has 1 saturated heterocycles. The Morgan fingerprint density at radius 3 is 2.74 bits per heavy atom. The molecule has 6 heteroatoms. The molecule has 1 amide bonds. The lowest BCUT2D eigenvalue weighted by Crippen LogP contribution is -2.29. The van der Waals surface area contributed by atoms with Gasteiger partial charge in [-0.25, -0.2) is 0 Å². The van der Waals surface area contributed by atoms with E-state index in [0.29, 0.717) is 32.8 Å². The number of rotatable bonds is 9. The molecular formula is C21H26N2O4. The van der Waals surface area contributed by atoms with E-state index in [4.69, 9.17) is 19.9 Å². The zero-order valence-electron chi connectivity index (χ0n) is 15.3. The van der Waals surface area contributed by atoms with Crippen LogP contribution in [0.15, 0.2) is 54.6 Å². The summed E-state index contributed by atoms with van der Waals surface area (Å²) < 4.78 is 16.9. The number of para-hydroxylation sites is 1. The van der Waals surface area contributed by atoms with E-state index in [-0.39, 0.29) is 12.0 Å². The summed E-state index contributed by atoms with van der Waals surface area (Å²) in [5.41, 5.74) is 7.31. The van der Waals surface area contributed by atoms with Crippen molar-refractivity contribution in [3.63, 3.8) is 0 Å². The Bertz CT molecular complexity index is 723. The lowest BCUT2D eigenvalue weighted by Gasteiger charge is -2.13. The monoisotopic (exact) mass is 370 g/mol. The van der Waals surface area contributed by atoms with Crippen molar-refractivity contribution in [2.24, 2.45) is 5.73 Å². The number of carbonyl (C=O) groups excluding carboxylic acids is 1. The average molecular weight is 370 g/mol. The van der Waals surface area contributed by atoms with Gasteiger partial charge in [0.15, 0.2) is 0 Å². The lowest BCUT2D eigenvalue weighted by molar-refractivity contribution is -0.126. The predicted octanol–water partition coefficient (Wildman–Crippen LogP) is 2.73. The maximum atomic E-state index is 12.3. The molecule has 1 fully saturated rings. The van der Waals surface area contributed by atoms with Gasteiger partial charge >= 0.3 is 0 Å². The molecule has 0 saturated carbocycles. The molecule has 0 spiro atoms. The number of ether oxygens (including phenoxy) is 3. The quantitative estimate of drug-likeness (QED) is 0.663. The topological polar surface area (TPSA) is 82.8 Å². The lowest BCUT2D eigenvalue weighted by atomic mass is 10.1. The Morgan fingerprint density at radius 2 is 1.96 bits per heavy atom. The molecule has 0 radical (unpaired) electrons. The molecular weight excluding hydrogens is 344 g/mol. The molecule has 1 heterocycles. The van der Waals surface area contributed by atoms with Gasteiger partial charge < -0.3 is 25.3 Å². The molecule has 0 aromatic heterocycles. The highest BCUT2D eigenvalue weighted by Gasteiger charge is 2.29. The van der Waals surface area contributed by atoms with Gasteiger partial charge in [0.05, 0.1) is 19.3 Å². The van der Waals surface area contributed by atoms with Gasteiger partial charge in [0.2, 0.25) is 0 Å². The predicted molar refractivity (Wildman–Crippen MR) is 104 cm³/mol. The number of amides is 1. The average Bonchev–Trinajstić information content (AvgIpc) is 3.18. The second kappa shape index (κ2) is 10.1. The van der Waals surface area contributed by atoms with E-state index >= 15 is 0 Å². The number of nitrogens with one attached hydrogen (secondary N) is 1. The van der Waals surface area contributed by atoms with Crippen LogP contribution in [0.3, 0.4) is 0 Å². The maximum absolute atomic E-state index is 12.3. The minimum atomic E-state index is -0.423. The summed E-state index contributed by atoms with van der Waals surface area (Å²) in [5.74, 6) is 0.706. The molecule has 1 aliphatic rings. The Balaban J connectivity index is 1.40.